The van der Waals surface area contributed by atoms with Crippen molar-refractivity contribution in [2.75, 3.05) is 6.54 Å². The number of thiophene rings is 1. The molecule has 2 heterocycles. The smallest absolute Gasteiger partial charge is 0.303 e. The van der Waals surface area contributed by atoms with Crippen LogP contribution in [-0.2, 0) is 4.79 Å². The van der Waals surface area contributed by atoms with Gasteiger partial charge in [-0.3, -0.25) is 4.79 Å². The summed E-state index contributed by atoms with van der Waals surface area (Å²) >= 11 is 1.76. The van der Waals surface area contributed by atoms with Gasteiger partial charge in [-0.2, -0.15) is 0 Å². The second kappa shape index (κ2) is 4.33. The predicted molar refractivity (Wildman–Crippen MR) is 60.2 cm³/mol. The van der Waals surface area contributed by atoms with Gasteiger partial charge in [-0.1, -0.05) is 0 Å². The molecule has 3 nitrogen and oxygen atoms in total. The molecule has 0 amide bonds. The Morgan fingerprint density at radius 2 is 2.47 bits per heavy atom. The van der Waals surface area contributed by atoms with Crippen molar-refractivity contribution in [3.8, 4) is 0 Å². The number of hydrogen-bond donors (Lipinski definition) is 2. The van der Waals surface area contributed by atoms with E-state index in [1.165, 1.54) is 9.75 Å². The molecule has 0 spiro atoms. The lowest BCUT2D eigenvalue weighted by Crippen LogP contribution is -2.18. The maximum absolute atomic E-state index is 10.7. The van der Waals surface area contributed by atoms with Gasteiger partial charge in [0.1, 0.15) is 0 Å². The number of nitrogens with one attached hydrogen (secondary N) is 1. The Morgan fingerprint density at radius 3 is 3.07 bits per heavy atom. The summed E-state index contributed by atoms with van der Waals surface area (Å²) in [4.78, 5) is 13.3. The van der Waals surface area contributed by atoms with Gasteiger partial charge in [0.2, 0.25) is 0 Å². The van der Waals surface area contributed by atoms with Crippen molar-refractivity contribution in [2.45, 2.75) is 25.8 Å². The van der Waals surface area contributed by atoms with Crippen molar-refractivity contribution in [3.63, 3.8) is 0 Å². The molecule has 0 radical (unpaired) electrons. The minimum absolute atomic E-state index is 0.250. The van der Waals surface area contributed by atoms with E-state index in [-0.39, 0.29) is 18.4 Å². The number of aryl methyl sites for hydroxylation is 1. The van der Waals surface area contributed by atoms with Crippen LogP contribution in [0.3, 0.4) is 0 Å². The third kappa shape index (κ3) is 2.38. The molecular weight excluding hydrogens is 210 g/mol. The van der Waals surface area contributed by atoms with Crippen molar-refractivity contribution in [1.29, 1.82) is 0 Å². The summed E-state index contributed by atoms with van der Waals surface area (Å²) in [7, 11) is 0. The van der Waals surface area contributed by atoms with Crippen LogP contribution in [0.5, 0.6) is 0 Å². The molecule has 1 aromatic heterocycles. The minimum Gasteiger partial charge on any atom is -0.481 e. The van der Waals surface area contributed by atoms with E-state index in [0.29, 0.717) is 0 Å². The topological polar surface area (TPSA) is 49.3 Å². The minimum atomic E-state index is -0.693. The Morgan fingerprint density at radius 1 is 1.67 bits per heavy atom. The molecule has 0 bridgehead atoms. The highest BCUT2D eigenvalue weighted by Crippen LogP contribution is 2.35. The lowest BCUT2D eigenvalue weighted by Gasteiger charge is -2.16. The summed E-state index contributed by atoms with van der Waals surface area (Å²) < 4.78 is 0. The normalized spacial score (nSPS) is 25.7. The lowest BCUT2D eigenvalue weighted by atomic mass is 9.96. The zero-order valence-electron chi connectivity index (χ0n) is 8.69. The van der Waals surface area contributed by atoms with Crippen LogP contribution in [0, 0.1) is 12.8 Å². The quantitative estimate of drug-likeness (QED) is 0.829. The fraction of sp³-hybridized carbons (Fsp3) is 0.545. The summed E-state index contributed by atoms with van der Waals surface area (Å²) in [6, 6.07) is 4.45. The Labute approximate surface area is 93.1 Å². The van der Waals surface area contributed by atoms with Crippen LogP contribution in [0.25, 0.3) is 0 Å². The monoisotopic (exact) mass is 225 g/mol. The molecule has 2 N–H and O–H groups in total. The number of rotatable bonds is 3. The van der Waals surface area contributed by atoms with Gasteiger partial charge in [-0.25, -0.2) is 0 Å². The molecule has 0 saturated carbocycles. The molecule has 4 heteroatoms. The Kier molecular flexibility index (Phi) is 3.07. The summed E-state index contributed by atoms with van der Waals surface area (Å²) in [5.41, 5.74) is 0. The summed E-state index contributed by atoms with van der Waals surface area (Å²) in [6.45, 7) is 3.01. The molecule has 1 aliphatic rings. The number of carbonyl (C=O) groups is 1. The highest BCUT2D eigenvalue weighted by molar-refractivity contribution is 7.12. The van der Waals surface area contributed by atoms with E-state index >= 15 is 0 Å². The van der Waals surface area contributed by atoms with Crippen molar-refractivity contribution >= 4 is 17.3 Å². The van der Waals surface area contributed by atoms with E-state index < -0.39 is 5.97 Å². The van der Waals surface area contributed by atoms with Crippen LogP contribution < -0.4 is 5.32 Å². The zero-order valence-corrected chi connectivity index (χ0v) is 9.51. The molecule has 0 aliphatic carbocycles. The molecule has 2 atom stereocenters. The summed E-state index contributed by atoms with van der Waals surface area (Å²) in [6.07, 6.45) is 1.24. The SMILES string of the molecule is Cc1ccc([C@H]2NCC[C@@H]2CC(=O)O)s1. The molecule has 15 heavy (non-hydrogen) atoms. The first-order chi connectivity index (χ1) is 7.16. The first-order valence-corrected chi connectivity index (χ1v) is 6.00. The van der Waals surface area contributed by atoms with Gasteiger partial charge in [-0.05, 0) is 37.9 Å². The standard InChI is InChI=1S/C11H15NO2S/c1-7-2-3-9(15-7)11-8(4-5-12-11)6-10(13)14/h2-3,8,11-12H,4-6H2,1H3,(H,13,14)/t8-,11+/m1/s1. The lowest BCUT2D eigenvalue weighted by molar-refractivity contribution is -0.138. The molecule has 1 aliphatic heterocycles. The Balaban J connectivity index is 2.10. The molecule has 1 saturated heterocycles. The van der Waals surface area contributed by atoms with Gasteiger partial charge in [0.25, 0.3) is 0 Å². The van der Waals surface area contributed by atoms with E-state index in [1.807, 2.05) is 0 Å². The third-order valence-electron chi connectivity index (χ3n) is 2.86. The second-order valence-electron chi connectivity index (χ2n) is 4.03. The van der Waals surface area contributed by atoms with Gasteiger partial charge >= 0.3 is 5.97 Å². The number of carboxylic acids is 1. The van der Waals surface area contributed by atoms with Crippen molar-refractivity contribution < 1.29 is 9.90 Å². The Hall–Kier alpha value is -0.870. The largest absolute Gasteiger partial charge is 0.481 e. The van der Waals surface area contributed by atoms with E-state index in [4.69, 9.17) is 5.11 Å². The van der Waals surface area contributed by atoms with Gasteiger partial charge < -0.3 is 10.4 Å². The second-order valence-corrected chi connectivity index (χ2v) is 5.35. The average molecular weight is 225 g/mol. The molecule has 2 rings (SSSR count). The first kappa shape index (κ1) is 10.6. The van der Waals surface area contributed by atoms with Crippen LogP contribution in [0.1, 0.15) is 28.6 Å². The van der Waals surface area contributed by atoms with Crippen molar-refractivity contribution in [2.24, 2.45) is 5.92 Å². The van der Waals surface area contributed by atoms with Crippen LogP contribution in [-0.4, -0.2) is 17.6 Å². The van der Waals surface area contributed by atoms with Crippen molar-refractivity contribution in [1.82, 2.24) is 5.32 Å². The van der Waals surface area contributed by atoms with Gasteiger partial charge in [0, 0.05) is 15.8 Å². The van der Waals surface area contributed by atoms with Gasteiger partial charge in [0.15, 0.2) is 0 Å². The fourth-order valence-electron chi connectivity index (χ4n) is 2.16. The predicted octanol–water partition coefficient (Wildman–Crippen LogP) is 2.18. The number of hydrogen-bond acceptors (Lipinski definition) is 3. The van der Waals surface area contributed by atoms with Gasteiger partial charge in [-0.15, -0.1) is 11.3 Å². The average Bonchev–Trinajstić information content (AvgIpc) is 2.72. The van der Waals surface area contributed by atoms with Crippen LogP contribution in [0.15, 0.2) is 12.1 Å². The maximum atomic E-state index is 10.7. The number of carboxylic acid groups (broad SMARTS) is 1. The highest BCUT2D eigenvalue weighted by atomic mass is 32.1. The van der Waals surface area contributed by atoms with Crippen LogP contribution in [0.4, 0.5) is 0 Å². The summed E-state index contributed by atoms with van der Waals surface area (Å²) in [5, 5.41) is 12.2. The van der Waals surface area contributed by atoms with E-state index in [0.717, 1.165) is 13.0 Å². The van der Waals surface area contributed by atoms with E-state index in [9.17, 15) is 4.79 Å². The molecule has 1 fully saturated rings. The van der Waals surface area contributed by atoms with Crippen LogP contribution >= 0.6 is 11.3 Å². The maximum Gasteiger partial charge on any atom is 0.303 e. The molecular formula is C11H15NO2S. The fourth-order valence-corrected chi connectivity index (χ4v) is 3.20. The zero-order chi connectivity index (χ0) is 10.8. The molecule has 0 aromatic carbocycles. The Bertz CT molecular complexity index is 361. The molecule has 82 valence electrons. The van der Waals surface area contributed by atoms with Crippen molar-refractivity contribution in [3.05, 3.63) is 21.9 Å². The van der Waals surface area contributed by atoms with Gasteiger partial charge in [0.05, 0.1) is 6.42 Å². The third-order valence-corrected chi connectivity index (χ3v) is 3.94. The van der Waals surface area contributed by atoms with Crippen LogP contribution in [0.2, 0.25) is 0 Å². The van der Waals surface area contributed by atoms with E-state index in [2.05, 4.69) is 24.4 Å². The molecule has 0 unspecified atom stereocenters. The molecule has 1 aromatic rings. The highest BCUT2D eigenvalue weighted by Gasteiger charge is 2.30. The summed E-state index contributed by atoms with van der Waals surface area (Å²) in [5.74, 6) is -0.442. The first-order valence-electron chi connectivity index (χ1n) is 5.18. The van der Waals surface area contributed by atoms with E-state index in [1.54, 1.807) is 11.3 Å². The number of aliphatic carboxylic acids is 1.